The standard InChI is InChI=1S/C19H20N2O5S/c1-27(23,24)21-7-6-14-12-15(3-4-16(14)21)20-19(22)11-13-2-5-17-18(10-13)26-9-8-25-17/h2-5,10,12H,6-9,11H2,1H3,(H,20,22). The van der Waals surface area contributed by atoms with Gasteiger partial charge in [0.05, 0.1) is 18.4 Å². The summed E-state index contributed by atoms with van der Waals surface area (Å²) in [6.07, 6.45) is 2.04. The second-order valence-electron chi connectivity index (χ2n) is 6.63. The maximum Gasteiger partial charge on any atom is 0.232 e. The Morgan fingerprint density at radius 2 is 1.89 bits per heavy atom. The number of nitrogens with zero attached hydrogens (tertiary/aromatic N) is 1. The second kappa shape index (κ2) is 6.77. The van der Waals surface area contributed by atoms with Crippen LogP contribution in [0.1, 0.15) is 11.1 Å². The van der Waals surface area contributed by atoms with Gasteiger partial charge in [-0.3, -0.25) is 9.10 Å². The molecule has 0 saturated heterocycles. The average Bonchev–Trinajstić information content (AvgIpc) is 3.05. The third kappa shape index (κ3) is 3.71. The molecule has 0 radical (unpaired) electrons. The fraction of sp³-hybridized carbons (Fsp3) is 0.316. The van der Waals surface area contributed by atoms with Crippen molar-refractivity contribution >= 4 is 27.3 Å². The Bertz CT molecular complexity index is 1000. The maximum atomic E-state index is 12.4. The van der Waals surface area contributed by atoms with Gasteiger partial charge in [0.15, 0.2) is 11.5 Å². The van der Waals surface area contributed by atoms with Gasteiger partial charge in [0, 0.05) is 12.2 Å². The number of nitrogens with one attached hydrogen (secondary N) is 1. The lowest BCUT2D eigenvalue weighted by molar-refractivity contribution is -0.115. The second-order valence-corrected chi connectivity index (χ2v) is 8.54. The van der Waals surface area contributed by atoms with E-state index in [1.165, 1.54) is 10.6 Å². The number of hydrogen-bond donors (Lipinski definition) is 1. The lowest BCUT2D eigenvalue weighted by Gasteiger charge is -2.19. The molecule has 0 atom stereocenters. The molecular formula is C19H20N2O5S. The number of rotatable bonds is 4. The molecule has 0 unspecified atom stereocenters. The first-order valence-corrected chi connectivity index (χ1v) is 10.5. The van der Waals surface area contributed by atoms with E-state index in [-0.39, 0.29) is 12.3 Å². The average molecular weight is 388 g/mol. The van der Waals surface area contributed by atoms with Crippen molar-refractivity contribution in [2.75, 3.05) is 35.6 Å². The molecule has 2 heterocycles. The van der Waals surface area contributed by atoms with E-state index in [9.17, 15) is 13.2 Å². The van der Waals surface area contributed by atoms with Crippen LogP contribution in [0.2, 0.25) is 0 Å². The Labute approximate surface area is 157 Å². The van der Waals surface area contributed by atoms with Gasteiger partial charge in [-0.15, -0.1) is 0 Å². The fourth-order valence-corrected chi connectivity index (χ4v) is 4.34. The van der Waals surface area contributed by atoms with Crippen molar-refractivity contribution in [1.82, 2.24) is 0 Å². The van der Waals surface area contributed by atoms with Gasteiger partial charge in [-0.05, 0) is 47.9 Å². The van der Waals surface area contributed by atoms with Crippen molar-refractivity contribution in [1.29, 1.82) is 0 Å². The third-order valence-corrected chi connectivity index (χ3v) is 5.77. The minimum absolute atomic E-state index is 0.149. The first-order valence-electron chi connectivity index (χ1n) is 8.69. The van der Waals surface area contributed by atoms with Gasteiger partial charge in [0.25, 0.3) is 0 Å². The van der Waals surface area contributed by atoms with Gasteiger partial charge < -0.3 is 14.8 Å². The van der Waals surface area contributed by atoms with Crippen molar-refractivity contribution in [3.8, 4) is 11.5 Å². The highest BCUT2D eigenvalue weighted by atomic mass is 32.2. The fourth-order valence-electron chi connectivity index (χ4n) is 3.38. The van der Waals surface area contributed by atoms with Crippen molar-refractivity contribution < 1.29 is 22.7 Å². The summed E-state index contributed by atoms with van der Waals surface area (Å²) in [7, 11) is -3.28. The number of carbonyl (C=O) groups excluding carboxylic acids is 1. The van der Waals surface area contributed by atoms with Crippen LogP contribution in [0.25, 0.3) is 0 Å². The Morgan fingerprint density at radius 3 is 2.67 bits per heavy atom. The molecule has 2 aliphatic rings. The molecule has 4 rings (SSSR count). The van der Waals surface area contributed by atoms with Gasteiger partial charge >= 0.3 is 0 Å². The molecule has 2 aliphatic heterocycles. The molecule has 1 amide bonds. The van der Waals surface area contributed by atoms with Crippen molar-refractivity contribution in [3.05, 3.63) is 47.5 Å². The van der Waals surface area contributed by atoms with E-state index < -0.39 is 10.0 Å². The molecule has 0 aromatic heterocycles. The number of fused-ring (bicyclic) bond motifs is 2. The summed E-state index contributed by atoms with van der Waals surface area (Å²) in [6, 6.07) is 10.8. The lowest BCUT2D eigenvalue weighted by atomic mass is 10.1. The molecule has 0 spiro atoms. The molecule has 2 aromatic rings. The Morgan fingerprint density at radius 1 is 1.11 bits per heavy atom. The molecule has 2 aromatic carbocycles. The number of anilines is 2. The van der Waals surface area contributed by atoms with E-state index in [1.54, 1.807) is 12.1 Å². The molecule has 0 aliphatic carbocycles. The zero-order chi connectivity index (χ0) is 19.0. The zero-order valence-corrected chi connectivity index (χ0v) is 15.7. The van der Waals surface area contributed by atoms with E-state index in [0.717, 1.165) is 11.1 Å². The minimum atomic E-state index is -3.28. The van der Waals surface area contributed by atoms with E-state index in [2.05, 4.69) is 5.32 Å². The van der Waals surface area contributed by atoms with Crippen molar-refractivity contribution in [2.24, 2.45) is 0 Å². The SMILES string of the molecule is CS(=O)(=O)N1CCc2cc(NC(=O)Cc3ccc4c(c3)OCCO4)ccc21. The first kappa shape index (κ1) is 17.7. The lowest BCUT2D eigenvalue weighted by Crippen LogP contribution is -2.27. The highest BCUT2D eigenvalue weighted by Crippen LogP contribution is 2.33. The molecular weight excluding hydrogens is 368 g/mol. The van der Waals surface area contributed by atoms with Crippen LogP contribution < -0.4 is 19.1 Å². The number of benzene rings is 2. The molecule has 0 bridgehead atoms. The van der Waals surface area contributed by atoms with Gasteiger partial charge in [0.2, 0.25) is 15.9 Å². The predicted octanol–water partition coefficient (Wildman–Crippen LogP) is 1.96. The zero-order valence-electron chi connectivity index (χ0n) is 14.9. The highest BCUT2D eigenvalue weighted by Gasteiger charge is 2.26. The van der Waals surface area contributed by atoms with Crippen LogP contribution in [-0.4, -0.2) is 40.3 Å². The maximum absolute atomic E-state index is 12.4. The summed E-state index contributed by atoms with van der Waals surface area (Å²) in [5.41, 5.74) is 3.09. The molecule has 1 N–H and O–H groups in total. The number of ether oxygens (including phenoxy) is 2. The normalized spacial score (nSPS) is 15.4. The van der Waals surface area contributed by atoms with Crippen LogP contribution in [0.15, 0.2) is 36.4 Å². The number of hydrogen-bond acceptors (Lipinski definition) is 5. The van der Waals surface area contributed by atoms with Crippen LogP contribution in [-0.2, 0) is 27.7 Å². The molecule has 0 saturated carbocycles. The van der Waals surface area contributed by atoms with Crippen LogP contribution in [0.5, 0.6) is 11.5 Å². The van der Waals surface area contributed by atoms with Crippen molar-refractivity contribution in [2.45, 2.75) is 12.8 Å². The monoisotopic (exact) mass is 388 g/mol. The molecule has 7 nitrogen and oxygen atoms in total. The molecule has 142 valence electrons. The van der Waals surface area contributed by atoms with E-state index in [4.69, 9.17) is 9.47 Å². The number of carbonyl (C=O) groups is 1. The third-order valence-electron chi connectivity index (χ3n) is 4.59. The van der Waals surface area contributed by atoms with E-state index in [0.29, 0.717) is 49.1 Å². The van der Waals surface area contributed by atoms with Crippen LogP contribution in [0.3, 0.4) is 0 Å². The van der Waals surface area contributed by atoms with Gasteiger partial charge in [-0.1, -0.05) is 6.07 Å². The Kier molecular flexibility index (Phi) is 4.43. The summed E-state index contributed by atoms with van der Waals surface area (Å²) in [5.74, 6) is 1.20. The summed E-state index contributed by atoms with van der Waals surface area (Å²) in [6.45, 7) is 1.47. The summed E-state index contributed by atoms with van der Waals surface area (Å²) >= 11 is 0. The first-order chi connectivity index (χ1) is 12.9. The van der Waals surface area contributed by atoms with E-state index >= 15 is 0 Å². The van der Waals surface area contributed by atoms with Gasteiger partial charge in [0.1, 0.15) is 13.2 Å². The topological polar surface area (TPSA) is 84.9 Å². The minimum Gasteiger partial charge on any atom is -0.486 e. The Balaban J connectivity index is 1.45. The number of sulfonamides is 1. The van der Waals surface area contributed by atoms with Gasteiger partial charge in [-0.2, -0.15) is 0 Å². The molecule has 8 heteroatoms. The molecule has 27 heavy (non-hydrogen) atoms. The van der Waals surface area contributed by atoms with Crippen LogP contribution in [0.4, 0.5) is 11.4 Å². The largest absolute Gasteiger partial charge is 0.486 e. The highest BCUT2D eigenvalue weighted by molar-refractivity contribution is 7.92. The van der Waals surface area contributed by atoms with Crippen LogP contribution in [0, 0.1) is 0 Å². The summed E-state index contributed by atoms with van der Waals surface area (Å²) in [4.78, 5) is 12.4. The molecule has 0 fully saturated rings. The Hall–Kier alpha value is -2.74. The van der Waals surface area contributed by atoms with Crippen LogP contribution >= 0.6 is 0 Å². The quantitative estimate of drug-likeness (QED) is 0.866. The van der Waals surface area contributed by atoms with Crippen molar-refractivity contribution in [3.63, 3.8) is 0 Å². The van der Waals surface area contributed by atoms with Gasteiger partial charge in [-0.25, -0.2) is 8.42 Å². The smallest absolute Gasteiger partial charge is 0.232 e. The van der Waals surface area contributed by atoms with E-state index in [1.807, 2.05) is 24.3 Å². The summed E-state index contributed by atoms with van der Waals surface area (Å²) in [5, 5.41) is 2.87. The number of amides is 1. The predicted molar refractivity (Wildman–Crippen MR) is 102 cm³/mol. The summed E-state index contributed by atoms with van der Waals surface area (Å²) < 4.78 is 36.0.